The van der Waals surface area contributed by atoms with E-state index in [1.165, 1.54) is 0 Å². The van der Waals surface area contributed by atoms with Crippen LogP contribution in [0.5, 0.6) is 5.75 Å². The van der Waals surface area contributed by atoms with Crippen molar-refractivity contribution in [1.29, 1.82) is 0 Å². The first kappa shape index (κ1) is 18.0. The summed E-state index contributed by atoms with van der Waals surface area (Å²) in [5.74, 6) is -0.0667. The van der Waals surface area contributed by atoms with Crippen LogP contribution in [0.4, 0.5) is 5.69 Å². The molecule has 0 unspecified atom stereocenters. The fraction of sp³-hybridized carbons (Fsp3) is 0.0435. The second kappa shape index (κ2) is 7.33. The minimum Gasteiger partial charge on any atom is -0.506 e. The normalized spacial score (nSPS) is 11.7. The minimum absolute atomic E-state index is 0.0667. The number of aromatic hydroxyl groups is 1. The van der Waals surface area contributed by atoms with Crippen molar-refractivity contribution in [2.75, 3.05) is 0 Å². The molecular weight excluding hydrogens is 372 g/mol. The monoisotopic (exact) mass is 388 g/mol. The topological polar surface area (TPSA) is 54.6 Å². The third kappa shape index (κ3) is 3.19. The Morgan fingerprint density at radius 2 is 1.57 bits per heavy atom. The summed E-state index contributed by atoms with van der Waals surface area (Å²) in [6.07, 6.45) is 0. The number of pyridine rings is 1. The number of halogens is 1. The van der Waals surface area contributed by atoms with Crippen LogP contribution in [0.1, 0.15) is 12.5 Å². The molecule has 0 fully saturated rings. The summed E-state index contributed by atoms with van der Waals surface area (Å²) in [5, 5.41) is 12.1. The van der Waals surface area contributed by atoms with Crippen molar-refractivity contribution in [3.05, 3.63) is 99.8 Å². The molecule has 0 aliphatic carbocycles. The smallest absolute Gasteiger partial charge is 0.268 e. The Bertz CT molecular complexity index is 1240. The standard InChI is InChI=1S/C23H17ClN2O2/c1-15(25-17-13-11-16(24)12-14-17)21-22(27)19-9-5-6-10-20(19)26(23(21)28)18-7-3-2-4-8-18/h2-14,27H,1H3. The first-order valence-electron chi connectivity index (χ1n) is 8.79. The molecule has 4 rings (SSSR count). The predicted molar refractivity (Wildman–Crippen MR) is 115 cm³/mol. The molecule has 1 N–H and O–H groups in total. The van der Waals surface area contributed by atoms with Gasteiger partial charge in [0.1, 0.15) is 11.3 Å². The number of aromatic nitrogens is 1. The van der Waals surface area contributed by atoms with E-state index in [1.807, 2.05) is 48.5 Å². The zero-order valence-electron chi connectivity index (χ0n) is 15.1. The van der Waals surface area contributed by atoms with Crippen LogP contribution >= 0.6 is 11.6 Å². The van der Waals surface area contributed by atoms with Crippen LogP contribution in [0, 0.1) is 0 Å². The van der Waals surface area contributed by atoms with Crippen molar-refractivity contribution in [3.8, 4) is 11.4 Å². The van der Waals surface area contributed by atoms with Gasteiger partial charge in [-0.2, -0.15) is 0 Å². The minimum atomic E-state index is -0.322. The lowest BCUT2D eigenvalue weighted by atomic mass is 10.1. The molecule has 1 heterocycles. The molecule has 0 radical (unpaired) electrons. The second-order valence-electron chi connectivity index (χ2n) is 6.39. The summed E-state index contributed by atoms with van der Waals surface area (Å²) < 4.78 is 1.60. The van der Waals surface area contributed by atoms with Gasteiger partial charge in [0.05, 0.1) is 16.9 Å². The van der Waals surface area contributed by atoms with E-state index in [2.05, 4.69) is 4.99 Å². The summed E-state index contributed by atoms with van der Waals surface area (Å²) in [6, 6.07) is 23.6. The molecule has 5 heteroatoms. The van der Waals surface area contributed by atoms with E-state index < -0.39 is 0 Å². The first-order valence-corrected chi connectivity index (χ1v) is 9.17. The Balaban J connectivity index is 2.02. The van der Waals surface area contributed by atoms with Gasteiger partial charge in [-0.05, 0) is 55.5 Å². The van der Waals surface area contributed by atoms with E-state index in [0.29, 0.717) is 27.3 Å². The Labute approximate surface area is 167 Å². The molecule has 0 bridgehead atoms. The van der Waals surface area contributed by atoms with Crippen LogP contribution in [-0.4, -0.2) is 15.4 Å². The van der Waals surface area contributed by atoms with Crippen molar-refractivity contribution in [1.82, 2.24) is 4.57 Å². The number of benzene rings is 3. The van der Waals surface area contributed by atoms with Gasteiger partial charge in [0.2, 0.25) is 0 Å². The van der Waals surface area contributed by atoms with Crippen LogP contribution in [0.2, 0.25) is 5.02 Å². The molecular formula is C23H17ClN2O2. The number of hydrogen-bond donors (Lipinski definition) is 1. The van der Waals surface area contributed by atoms with Gasteiger partial charge in [0, 0.05) is 16.1 Å². The SMILES string of the molecule is CC(=Nc1ccc(Cl)cc1)c1c(O)c2ccccc2n(-c2ccccc2)c1=O. The van der Waals surface area contributed by atoms with E-state index in [1.54, 1.807) is 41.8 Å². The van der Waals surface area contributed by atoms with Crippen LogP contribution in [0.15, 0.2) is 88.6 Å². The first-order chi connectivity index (χ1) is 13.6. The van der Waals surface area contributed by atoms with Gasteiger partial charge in [-0.1, -0.05) is 41.9 Å². The van der Waals surface area contributed by atoms with Crippen molar-refractivity contribution in [2.24, 2.45) is 4.99 Å². The molecule has 138 valence electrons. The van der Waals surface area contributed by atoms with Gasteiger partial charge in [-0.15, -0.1) is 0 Å². The fourth-order valence-corrected chi connectivity index (χ4v) is 3.38. The highest BCUT2D eigenvalue weighted by atomic mass is 35.5. The summed E-state index contributed by atoms with van der Waals surface area (Å²) in [6.45, 7) is 1.72. The Morgan fingerprint density at radius 1 is 0.929 bits per heavy atom. The molecule has 0 amide bonds. The average Bonchev–Trinajstić information content (AvgIpc) is 2.71. The fourth-order valence-electron chi connectivity index (χ4n) is 3.25. The largest absolute Gasteiger partial charge is 0.506 e. The summed E-state index contributed by atoms with van der Waals surface area (Å²) in [5.41, 5.74) is 2.30. The zero-order valence-corrected chi connectivity index (χ0v) is 15.9. The van der Waals surface area contributed by atoms with E-state index in [4.69, 9.17) is 11.6 Å². The summed E-state index contributed by atoms with van der Waals surface area (Å²) in [4.78, 5) is 17.9. The van der Waals surface area contributed by atoms with Gasteiger partial charge >= 0.3 is 0 Å². The highest BCUT2D eigenvalue weighted by Gasteiger charge is 2.19. The lowest BCUT2D eigenvalue weighted by Gasteiger charge is -2.15. The molecule has 0 atom stereocenters. The van der Waals surface area contributed by atoms with Crippen molar-refractivity contribution in [2.45, 2.75) is 6.92 Å². The molecule has 4 nitrogen and oxygen atoms in total. The van der Waals surface area contributed by atoms with Crippen LogP contribution in [0.3, 0.4) is 0 Å². The molecule has 0 saturated carbocycles. The number of fused-ring (bicyclic) bond motifs is 1. The molecule has 0 aliphatic heterocycles. The van der Waals surface area contributed by atoms with Gasteiger partial charge in [-0.3, -0.25) is 14.4 Å². The molecule has 4 aromatic rings. The zero-order chi connectivity index (χ0) is 19.7. The van der Waals surface area contributed by atoms with Crippen LogP contribution in [-0.2, 0) is 0 Å². The molecule has 3 aromatic carbocycles. The number of nitrogens with zero attached hydrogens (tertiary/aromatic N) is 2. The van der Waals surface area contributed by atoms with Gasteiger partial charge in [-0.25, -0.2) is 0 Å². The van der Waals surface area contributed by atoms with E-state index in [-0.39, 0.29) is 16.9 Å². The highest BCUT2D eigenvalue weighted by molar-refractivity contribution is 6.30. The summed E-state index contributed by atoms with van der Waals surface area (Å²) in [7, 11) is 0. The second-order valence-corrected chi connectivity index (χ2v) is 6.83. The average molecular weight is 389 g/mol. The Hall–Kier alpha value is -3.37. The predicted octanol–water partition coefficient (Wildman–Crippen LogP) is 5.49. The van der Waals surface area contributed by atoms with E-state index in [9.17, 15) is 9.90 Å². The number of para-hydroxylation sites is 2. The molecule has 0 saturated heterocycles. The number of aliphatic imine (C=N–C) groups is 1. The van der Waals surface area contributed by atoms with E-state index >= 15 is 0 Å². The van der Waals surface area contributed by atoms with Gasteiger partial charge < -0.3 is 5.11 Å². The molecule has 28 heavy (non-hydrogen) atoms. The molecule has 1 aromatic heterocycles. The third-order valence-electron chi connectivity index (χ3n) is 4.55. The van der Waals surface area contributed by atoms with Gasteiger partial charge in [0.25, 0.3) is 5.56 Å². The van der Waals surface area contributed by atoms with Crippen LogP contribution in [0.25, 0.3) is 16.6 Å². The van der Waals surface area contributed by atoms with E-state index in [0.717, 1.165) is 5.69 Å². The maximum Gasteiger partial charge on any atom is 0.268 e. The van der Waals surface area contributed by atoms with Crippen LogP contribution < -0.4 is 5.56 Å². The lowest BCUT2D eigenvalue weighted by Crippen LogP contribution is -2.25. The maximum atomic E-state index is 13.4. The summed E-state index contributed by atoms with van der Waals surface area (Å²) >= 11 is 5.93. The Kier molecular flexibility index (Phi) is 4.72. The molecule has 0 aliphatic rings. The van der Waals surface area contributed by atoms with Crippen molar-refractivity contribution < 1.29 is 5.11 Å². The quantitative estimate of drug-likeness (QED) is 0.472. The van der Waals surface area contributed by atoms with Crippen molar-refractivity contribution in [3.63, 3.8) is 0 Å². The number of hydrogen-bond acceptors (Lipinski definition) is 3. The Morgan fingerprint density at radius 3 is 2.29 bits per heavy atom. The van der Waals surface area contributed by atoms with Crippen molar-refractivity contribution >= 4 is 33.9 Å². The highest BCUT2D eigenvalue weighted by Crippen LogP contribution is 2.29. The molecule has 0 spiro atoms. The maximum absolute atomic E-state index is 13.4. The third-order valence-corrected chi connectivity index (χ3v) is 4.81. The lowest BCUT2D eigenvalue weighted by molar-refractivity contribution is 0.478. The van der Waals surface area contributed by atoms with Gasteiger partial charge in [0.15, 0.2) is 0 Å². The number of rotatable bonds is 3.